The number of pyridine rings is 1. The Labute approximate surface area is 126 Å². The number of halogens is 1. The first-order chi connectivity index (χ1) is 9.75. The van der Waals surface area contributed by atoms with Crippen molar-refractivity contribution >= 4 is 21.8 Å². The molecule has 0 spiro atoms. The van der Waals surface area contributed by atoms with Gasteiger partial charge in [0.15, 0.2) is 0 Å². The molecule has 1 aliphatic heterocycles. The van der Waals surface area contributed by atoms with Crippen LogP contribution in [-0.4, -0.2) is 22.0 Å². The van der Waals surface area contributed by atoms with E-state index in [1.807, 2.05) is 29.0 Å². The second-order valence-electron chi connectivity index (χ2n) is 4.96. The molecular formula is C15H16BrN3O. The van der Waals surface area contributed by atoms with Gasteiger partial charge in [-0.15, -0.1) is 0 Å². The molecule has 0 aromatic carbocycles. The number of hydrogen-bond acceptors (Lipinski definition) is 3. The van der Waals surface area contributed by atoms with Gasteiger partial charge < -0.3 is 5.32 Å². The predicted octanol–water partition coefficient (Wildman–Crippen LogP) is 2.56. The fourth-order valence-electron chi connectivity index (χ4n) is 2.60. The second-order valence-corrected chi connectivity index (χ2v) is 5.77. The van der Waals surface area contributed by atoms with Gasteiger partial charge in [-0.05, 0) is 45.6 Å². The zero-order chi connectivity index (χ0) is 13.9. The molecule has 0 radical (unpaired) electrons. The van der Waals surface area contributed by atoms with E-state index in [9.17, 15) is 4.79 Å². The topological polar surface area (TPSA) is 46.9 Å². The van der Waals surface area contributed by atoms with Crippen LogP contribution >= 0.6 is 15.9 Å². The number of aryl methyl sites for hydroxylation is 1. The number of fused-ring (bicyclic) bond motifs is 1. The third-order valence-corrected chi connectivity index (χ3v) is 4.18. The zero-order valence-electron chi connectivity index (χ0n) is 11.1. The minimum Gasteiger partial charge on any atom is -0.312 e. The molecule has 20 heavy (non-hydrogen) atoms. The standard InChI is InChI=1S/C15H16BrN3O/c16-14-8-12-10-18-7-5-13(12)19(14)15(20)4-3-11-2-1-6-17-9-11/h1-2,6,8-9,18H,3-5,7,10H2. The van der Waals surface area contributed by atoms with E-state index in [1.54, 1.807) is 6.20 Å². The molecule has 0 amide bonds. The van der Waals surface area contributed by atoms with Crippen molar-refractivity contribution in [1.29, 1.82) is 0 Å². The lowest BCUT2D eigenvalue weighted by molar-refractivity contribution is 0.0897. The number of aromatic nitrogens is 2. The fraction of sp³-hybridized carbons (Fsp3) is 0.333. The summed E-state index contributed by atoms with van der Waals surface area (Å²) in [6.07, 6.45) is 5.69. The van der Waals surface area contributed by atoms with Crippen molar-refractivity contribution in [2.24, 2.45) is 0 Å². The zero-order valence-corrected chi connectivity index (χ0v) is 12.7. The lowest BCUT2D eigenvalue weighted by Gasteiger charge is -2.16. The van der Waals surface area contributed by atoms with Crippen molar-refractivity contribution in [1.82, 2.24) is 14.9 Å². The Morgan fingerprint density at radius 3 is 3.20 bits per heavy atom. The monoisotopic (exact) mass is 333 g/mol. The predicted molar refractivity (Wildman–Crippen MR) is 80.7 cm³/mol. The number of nitrogens with zero attached hydrogens (tertiary/aromatic N) is 2. The minimum absolute atomic E-state index is 0.142. The molecule has 1 aliphatic rings. The van der Waals surface area contributed by atoms with E-state index in [0.717, 1.165) is 41.8 Å². The minimum atomic E-state index is 0.142. The molecule has 0 saturated heterocycles. The van der Waals surface area contributed by atoms with Gasteiger partial charge in [0.1, 0.15) is 0 Å². The van der Waals surface area contributed by atoms with Crippen LogP contribution in [-0.2, 0) is 19.4 Å². The molecule has 0 atom stereocenters. The van der Waals surface area contributed by atoms with Gasteiger partial charge in [0.25, 0.3) is 0 Å². The van der Waals surface area contributed by atoms with Crippen LogP contribution in [0.15, 0.2) is 35.2 Å². The number of carbonyl (C=O) groups excluding carboxylic acids is 1. The molecule has 104 valence electrons. The van der Waals surface area contributed by atoms with Crippen molar-refractivity contribution in [3.63, 3.8) is 0 Å². The maximum Gasteiger partial charge on any atom is 0.232 e. The normalized spacial score (nSPS) is 14.1. The molecule has 2 aromatic rings. The Morgan fingerprint density at radius 1 is 1.50 bits per heavy atom. The van der Waals surface area contributed by atoms with Gasteiger partial charge in [-0.1, -0.05) is 6.07 Å². The first-order valence-electron chi connectivity index (χ1n) is 6.77. The first-order valence-corrected chi connectivity index (χ1v) is 7.57. The van der Waals surface area contributed by atoms with Crippen molar-refractivity contribution < 1.29 is 4.79 Å². The Morgan fingerprint density at radius 2 is 2.40 bits per heavy atom. The average Bonchev–Trinajstić information content (AvgIpc) is 2.82. The highest BCUT2D eigenvalue weighted by molar-refractivity contribution is 9.10. The first kappa shape index (κ1) is 13.5. The van der Waals surface area contributed by atoms with Gasteiger partial charge in [-0.2, -0.15) is 0 Å². The average molecular weight is 334 g/mol. The molecule has 0 bridgehead atoms. The van der Waals surface area contributed by atoms with Crippen LogP contribution in [0.1, 0.15) is 28.0 Å². The summed E-state index contributed by atoms with van der Waals surface area (Å²) in [7, 11) is 0. The summed E-state index contributed by atoms with van der Waals surface area (Å²) in [5.74, 6) is 0.142. The molecule has 4 nitrogen and oxygen atoms in total. The van der Waals surface area contributed by atoms with Crippen molar-refractivity contribution in [3.05, 3.63) is 52.0 Å². The highest BCUT2D eigenvalue weighted by Crippen LogP contribution is 2.24. The molecule has 1 N–H and O–H groups in total. The Hall–Kier alpha value is -1.46. The smallest absolute Gasteiger partial charge is 0.232 e. The number of rotatable bonds is 3. The fourth-order valence-corrected chi connectivity index (χ4v) is 3.29. The third-order valence-electron chi connectivity index (χ3n) is 3.60. The van der Waals surface area contributed by atoms with Gasteiger partial charge in [0, 0.05) is 44.0 Å². The van der Waals surface area contributed by atoms with Crippen molar-refractivity contribution in [2.75, 3.05) is 6.54 Å². The van der Waals surface area contributed by atoms with Gasteiger partial charge in [-0.3, -0.25) is 14.3 Å². The van der Waals surface area contributed by atoms with E-state index in [4.69, 9.17) is 0 Å². The van der Waals surface area contributed by atoms with Gasteiger partial charge in [0.2, 0.25) is 5.91 Å². The van der Waals surface area contributed by atoms with Crippen LogP contribution < -0.4 is 5.32 Å². The summed E-state index contributed by atoms with van der Waals surface area (Å²) < 4.78 is 2.69. The van der Waals surface area contributed by atoms with Crippen LogP contribution in [0.3, 0.4) is 0 Å². The lowest BCUT2D eigenvalue weighted by atomic mass is 10.1. The van der Waals surface area contributed by atoms with Gasteiger partial charge in [0.05, 0.1) is 4.60 Å². The Kier molecular flexibility index (Phi) is 3.98. The maximum absolute atomic E-state index is 12.5. The highest BCUT2D eigenvalue weighted by atomic mass is 79.9. The van der Waals surface area contributed by atoms with Crippen LogP contribution in [0.25, 0.3) is 0 Å². The molecule has 2 aromatic heterocycles. The van der Waals surface area contributed by atoms with Crippen LogP contribution in [0.2, 0.25) is 0 Å². The van der Waals surface area contributed by atoms with Crippen LogP contribution in [0, 0.1) is 0 Å². The highest BCUT2D eigenvalue weighted by Gasteiger charge is 2.20. The van der Waals surface area contributed by atoms with Crippen molar-refractivity contribution in [2.45, 2.75) is 25.8 Å². The summed E-state index contributed by atoms with van der Waals surface area (Å²) in [5, 5.41) is 3.32. The molecule has 0 unspecified atom stereocenters. The van der Waals surface area contributed by atoms with E-state index in [1.165, 1.54) is 5.56 Å². The van der Waals surface area contributed by atoms with Gasteiger partial charge >= 0.3 is 0 Å². The quantitative estimate of drug-likeness (QED) is 0.938. The molecular weight excluding hydrogens is 318 g/mol. The van der Waals surface area contributed by atoms with Gasteiger partial charge in [-0.25, -0.2) is 0 Å². The largest absolute Gasteiger partial charge is 0.312 e. The van der Waals surface area contributed by atoms with E-state index in [0.29, 0.717) is 6.42 Å². The summed E-state index contributed by atoms with van der Waals surface area (Å²) in [4.78, 5) is 16.5. The maximum atomic E-state index is 12.5. The molecule has 0 aliphatic carbocycles. The summed E-state index contributed by atoms with van der Waals surface area (Å²) in [6.45, 7) is 1.77. The number of nitrogens with one attached hydrogen (secondary N) is 1. The molecule has 0 saturated carbocycles. The molecule has 3 rings (SSSR count). The van der Waals surface area contributed by atoms with Crippen LogP contribution in [0.4, 0.5) is 0 Å². The number of carbonyl (C=O) groups is 1. The molecule has 0 fully saturated rings. The number of hydrogen-bond donors (Lipinski definition) is 1. The van der Waals surface area contributed by atoms with E-state index < -0.39 is 0 Å². The Bertz CT molecular complexity index is 622. The SMILES string of the molecule is O=C(CCc1cccnc1)n1c(Br)cc2c1CCNC2. The Balaban J connectivity index is 1.76. The van der Waals surface area contributed by atoms with Crippen LogP contribution in [0.5, 0.6) is 0 Å². The van der Waals surface area contributed by atoms with E-state index >= 15 is 0 Å². The van der Waals surface area contributed by atoms with E-state index in [-0.39, 0.29) is 5.91 Å². The molecule has 5 heteroatoms. The summed E-state index contributed by atoms with van der Waals surface area (Å²) in [6, 6.07) is 5.95. The second kappa shape index (κ2) is 5.89. The third kappa shape index (κ3) is 2.69. The molecule has 3 heterocycles. The lowest BCUT2D eigenvalue weighted by Crippen LogP contribution is -2.26. The summed E-state index contributed by atoms with van der Waals surface area (Å²) in [5.41, 5.74) is 3.46. The summed E-state index contributed by atoms with van der Waals surface area (Å²) >= 11 is 3.51. The van der Waals surface area contributed by atoms with E-state index in [2.05, 4.69) is 26.2 Å². The van der Waals surface area contributed by atoms with Crippen molar-refractivity contribution in [3.8, 4) is 0 Å².